The van der Waals surface area contributed by atoms with E-state index in [1.807, 2.05) is 31.2 Å². The molecule has 0 radical (unpaired) electrons. The zero-order valence-electron chi connectivity index (χ0n) is 14.3. The molecule has 8 nitrogen and oxygen atoms in total. The summed E-state index contributed by atoms with van der Waals surface area (Å²) < 4.78 is 29.2. The summed E-state index contributed by atoms with van der Waals surface area (Å²) in [5.41, 5.74) is 3.35. The molecule has 1 unspecified atom stereocenters. The fourth-order valence-electron chi connectivity index (χ4n) is 3.27. The van der Waals surface area contributed by atoms with Gasteiger partial charge in [-0.25, -0.2) is 18.1 Å². The van der Waals surface area contributed by atoms with Gasteiger partial charge in [0.15, 0.2) is 0 Å². The van der Waals surface area contributed by atoms with E-state index in [0.29, 0.717) is 6.54 Å². The first-order valence-corrected chi connectivity index (χ1v) is 9.88. The summed E-state index contributed by atoms with van der Waals surface area (Å²) in [6, 6.07) is 2.31. The van der Waals surface area contributed by atoms with E-state index in [9.17, 15) is 8.42 Å². The van der Waals surface area contributed by atoms with Gasteiger partial charge >= 0.3 is 0 Å². The maximum absolute atomic E-state index is 11.3. The largest absolute Gasteiger partial charge is 0.329 e. The summed E-state index contributed by atoms with van der Waals surface area (Å²) in [7, 11) is -1.19. The molecular formula is C15H24N6O2S. The average Bonchev–Trinajstić information content (AvgIpc) is 3.04. The average molecular weight is 352 g/mol. The number of nitrogens with one attached hydrogen (secondary N) is 1. The van der Waals surface area contributed by atoms with Gasteiger partial charge in [0.05, 0.1) is 29.7 Å². The van der Waals surface area contributed by atoms with Gasteiger partial charge in [-0.3, -0.25) is 9.58 Å². The molecule has 1 atom stereocenters. The van der Waals surface area contributed by atoms with Crippen molar-refractivity contribution >= 4 is 10.0 Å². The number of sulfonamides is 1. The van der Waals surface area contributed by atoms with Gasteiger partial charge in [-0.2, -0.15) is 5.10 Å². The third-order valence-electron chi connectivity index (χ3n) is 4.32. The van der Waals surface area contributed by atoms with Crippen LogP contribution in [0.4, 0.5) is 0 Å². The Morgan fingerprint density at radius 3 is 2.88 bits per heavy atom. The van der Waals surface area contributed by atoms with E-state index in [1.54, 1.807) is 0 Å². The van der Waals surface area contributed by atoms with Crippen LogP contribution in [0, 0.1) is 6.92 Å². The topological polar surface area (TPSA) is 85.0 Å². The van der Waals surface area contributed by atoms with Gasteiger partial charge in [0.25, 0.3) is 0 Å². The molecular weight excluding hydrogens is 328 g/mol. The lowest BCUT2D eigenvalue weighted by molar-refractivity contribution is 0.168. The van der Waals surface area contributed by atoms with E-state index in [2.05, 4.69) is 30.3 Å². The minimum absolute atomic E-state index is 0.208. The zero-order valence-corrected chi connectivity index (χ0v) is 15.1. The minimum atomic E-state index is -3.15. The maximum Gasteiger partial charge on any atom is 0.208 e. The molecule has 0 fully saturated rings. The lowest BCUT2D eigenvalue weighted by atomic mass is 10.1. The van der Waals surface area contributed by atoms with Crippen LogP contribution < -0.4 is 4.72 Å². The van der Waals surface area contributed by atoms with Gasteiger partial charge in [0, 0.05) is 45.5 Å². The predicted molar refractivity (Wildman–Crippen MR) is 90.8 cm³/mol. The first kappa shape index (κ1) is 17.1. The van der Waals surface area contributed by atoms with Gasteiger partial charge in [-0.05, 0) is 19.4 Å². The Morgan fingerprint density at radius 2 is 2.21 bits per heavy atom. The number of aromatic nitrogens is 4. The lowest BCUT2D eigenvalue weighted by Gasteiger charge is -2.34. The van der Waals surface area contributed by atoms with Crippen LogP contribution in [0.2, 0.25) is 0 Å². The normalized spacial score (nSPS) is 18.7. The van der Waals surface area contributed by atoms with Crippen molar-refractivity contribution in [3.63, 3.8) is 0 Å². The zero-order chi connectivity index (χ0) is 17.3. The number of fused-ring (bicyclic) bond motifs is 1. The molecule has 132 valence electrons. The van der Waals surface area contributed by atoms with E-state index in [1.165, 1.54) is 11.9 Å². The van der Waals surface area contributed by atoms with Gasteiger partial charge in [-0.1, -0.05) is 0 Å². The highest BCUT2D eigenvalue weighted by Crippen LogP contribution is 2.24. The van der Waals surface area contributed by atoms with Crippen molar-refractivity contribution in [2.24, 2.45) is 7.05 Å². The van der Waals surface area contributed by atoms with Crippen LogP contribution >= 0.6 is 0 Å². The molecule has 2 aromatic rings. The SMILES string of the molecule is Cc1cc(CN2Cc3cncn3C(CCNS(C)(=O)=O)C2)n(C)n1. The molecule has 0 aliphatic carbocycles. The second kappa shape index (κ2) is 6.66. The van der Waals surface area contributed by atoms with Crippen LogP contribution in [0.1, 0.15) is 29.5 Å². The molecule has 0 saturated carbocycles. The first-order valence-electron chi connectivity index (χ1n) is 7.99. The molecule has 0 saturated heterocycles. The van der Waals surface area contributed by atoms with Crippen molar-refractivity contribution in [1.29, 1.82) is 0 Å². The molecule has 1 N–H and O–H groups in total. The maximum atomic E-state index is 11.3. The van der Waals surface area contributed by atoms with Gasteiger partial charge in [0.1, 0.15) is 0 Å². The Kier molecular flexibility index (Phi) is 4.75. The summed E-state index contributed by atoms with van der Waals surface area (Å²) in [5.74, 6) is 0. The van der Waals surface area contributed by atoms with E-state index >= 15 is 0 Å². The van der Waals surface area contributed by atoms with Gasteiger partial charge < -0.3 is 4.57 Å². The molecule has 0 aromatic carbocycles. The molecule has 24 heavy (non-hydrogen) atoms. The van der Waals surface area contributed by atoms with Crippen LogP contribution in [0.15, 0.2) is 18.6 Å². The fraction of sp³-hybridized carbons (Fsp3) is 0.600. The van der Waals surface area contributed by atoms with Crippen LogP contribution in [0.25, 0.3) is 0 Å². The molecule has 0 bridgehead atoms. The number of imidazole rings is 1. The number of hydrogen-bond acceptors (Lipinski definition) is 5. The van der Waals surface area contributed by atoms with E-state index in [-0.39, 0.29) is 6.04 Å². The molecule has 3 heterocycles. The van der Waals surface area contributed by atoms with Crippen molar-refractivity contribution in [2.45, 2.75) is 32.5 Å². The Balaban J connectivity index is 1.70. The quantitative estimate of drug-likeness (QED) is 0.814. The second-order valence-corrected chi connectivity index (χ2v) is 8.30. The van der Waals surface area contributed by atoms with E-state index in [0.717, 1.165) is 37.4 Å². The summed E-state index contributed by atoms with van der Waals surface area (Å²) in [6.45, 7) is 4.94. The Labute approximate surface area is 142 Å². The predicted octanol–water partition coefficient (Wildman–Crippen LogP) is 0.421. The third-order valence-corrected chi connectivity index (χ3v) is 5.05. The first-order chi connectivity index (χ1) is 11.3. The van der Waals surface area contributed by atoms with Crippen molar-refractivity contribution in [3.05, 3.63) is 35.7 Å². The van der Waals surface area contributed by atoms with E-state index in [4.69, 9.17) is 0 Å². The van der Waals surface area contributed by atoms with Crippen LogP contribution in [-0.2, 0) is 30.2 Å². The Morgan fingerprint density at radius 1 is 1.42 bits per heavy atom. The number of nitrogens with zero attached hydrogens (tertiary/aromatic N) is 5. The van der Waals surface area contributed by atoms with Crippen LogP contribution in [0.3, 0.4) is 0 Å². The lowest BCUT2D eigenvalue weighted by Crippen LogP contribution is -2.38. The molecule has 3 rings (SSSR count). The van der Waals surface area contributed by atoms with Crippen molar-refractivity contribution in [3.8, 4) is 0 Å². The van der Waals surface area contributed by atoms with Gasteiger partial charge in [-0.15, -0.1) is 0 Å². The highest BCUT2D eigenvalue weighted by atomic mass is 32.2. The van der Waals surface area contributed by atoms with Crippen molar-refractivity contribution in [1.82, 2.24) is 29.0 Å². The number of aryl methyl sites for hydroxylation is 2. The Hall–Kier alpha value is -1.71. The molecule has 9 heteroatoms. The summed E-state index contributed by atoms with van der Waals surface area (Å²) >= 11 is 0. The van der Waals surface area contributed by atoms with E-state index < -0.39 is 10.0 Å². The van der Waals surface area contributed by atoms with Crippen LogP contribution in [-0.4, -0.2) is 52.0 Å². The minimum Gasteiger partial charge on any atom is -0.329 e. The van der Waals surface area contributed by atoms with Gasteiger partial charge in [0.2, 0.25) is 10.0 Å². The Bertz CT molecular complexity index is 810. The third kappa shape index (κ3) is 4.03. The highest BCUT2D eigenvalue weighted by molar-refractivity contribution is 7.88. The van der Waals surface area contributed by atoms with Crippen molar-refractivity contribution < 1.29 is 8.42 Å². The number of hydrogen-bond donors (Lipinski definition) is 1. The molecule has 1 aliphatic heterocycles. The van der Waals surface area contributed by atoms with Crippen LogP contribution in [0.5, 0.6) is 0 Å². The molecule has 2 aromatic heterocycles. The molecule has 1 aliphatic rings. The number of rotatable bonds is 6. The molecule has 0 amide bonds. The monoisotopic (exact) mass is 352 g/mol. The smallest absolute Gasteiger partial charge is 0.208 e. The standard InChI is InChI=1S/C15H24N6O2S/c1-12-6-14(19(2)18-12)9-20-8-13(4-5-17-24(3,22)23)21-11-16-7-15(21)10-20/h6-7,11,13,17H,4-5,8-10H2,1-3H3. The second-order valence-electron chi connectivity index (χ2n) is 6.47. The summed E-state index contributed by atoms with van der Waals surface area (Å²) in [4.78, 5) is 6.61. The summed E-state index contributed by atoms with van der Waals surface area (Å²) in [5, 5.41) is 4.40. The fourth-order valence-corrected chi connectivity index (χ4v) is 3.75. The summed E-state index contributed by atoms with van der Waals surface area (Å²) in [6.07, 6.45) is 5.65. The van der Waals surface area contributed by atoms with Crippen molar-refractivity contribution in [2.75, 3.05) is 19.3 Å². The highest BCUT2D eigenvalue weighted by Gasteiger charge is 2.25. The molecule has 0 spiro atoms.